The molecule has 1 unspecified atom stereocenters. The van der Waals surface area contributed by atoms with Crippen LogP contribution in [0.2, 0.25) is 0 Å². The van der Waals surface area contributed by atoms with Gasteiger partial charge in [-0.2, -0.15) is 0 Å². The highest BCUT2D eigenvalue weighted by Crippen LogP contribution is 2.35. The second-order valence-corrected chi connectivity index (χ2v) is 4.89. The number of nitrogens with one attached hydrogen (secondary N) is 1. The lowest BCUT2D eigenvalue weighted by Gasteiger charge is -2.26. The van der Waals surface area contributed by atoms with E-state index in [0.29, 0.717) is 0 Å². The zero-order chi connectivity index (χ0) is 11.6. The van der Waals surface area contributed by atoms with Crippen LogP contribution in [-0.4, -0.2) is 17.0 Å². The van der Waals surface area contributed by atoms with Crippen LogP contribution in [0.3, 0.4) is 0 Å². The van der Waals surface area contributed by atoms with Crippen LogP contribution in [0.15, 0.2) is 0 Å². The smallest absolute Gasteiger partial charge is 0.222 e. The first-order chi connectivity index (χ1) is 6.25. The number of nitrogens with two attached hydrogens (primary N) is 1. The molecule has 0 spiro atoms. The van der Waals surface area contributed by atoms with E-state index in [0.717, 1.165) is 6.42 Å². The summed E-state index contributed by atoms with van der Waals surface area (Å²) in [6.45, 7) is 12.2. The Morgan fingerprint density at radius 1 is 1.29 bits per heavy atom. The fourth-order valence-electron chi connectivity index (χ4n) is 2.23. The summed E-state index contributed by atoms with van der Waals surface area (Å²) < 4.78 is 0. The van der Waals surface area contributed by atoms with E-state index in [1.165, 1.54) is 0 Å². The van der Waals surface area contributed by atoms with E-state index in [1.807, 2.05) is 27.7 Å². The first-order valence-corrected chi connectivity index (χ1v) is 5.33. The van der Waals surface area contributed by atoms with E-state index in [-0.39, 0.29) is 22.9 Å². The molecule has 3 N–H and O–H groups in total. The van der Waals surface area contributed by atoms with Crippen LogP contribution < -0.4 is 11.1 Å². The van der Waals surface area contributed by atoms with E-state index >= 15 is 0 Å². The molecule has 1 amide bonds. The van der Waals surface area contributed by atoms with Crippen molar-refractivity contribution in [1.82, 2.24) is 5.32 Å². The topological polar surface area (TPSA) is 55.1 Å². The largest absolute Gasteiger partial charge is 0.369 e. The molecule has 3 nitrogen and oxygen atoms in total. The van der Waals surface area contributed by atoms with E-state index in [1.54, 1.807) is 0 Å². The summed E-state index contributed by atoms with van der Waals surface area (Å²) >= 11 is 0. The maximum Gasteiger partial charge on any atom is 0.222 e. The predicted molar refractivity (Wildman–Crippen MR) is 59.9 cm³/mol. The quantitative estimate of drug-likeness (QED) is 0.676. The van der Waals surface area contributed by atoms with Crippen molar-refractivity contribution < 1.29 is 4.79 Å². The van der Waals surface area contributed by atoms with Crippen molar-refractivity contribution >= 4 is 5.91 Å². The van der Waals surface area contributed by atoms with Crippen LogP contribution in [0.1, 0.15) is 48.0 Å². The number of amides is 1. The summed E-state index contributed by atoms with van der Waals surface area (Å²) in [4.78, 5) is 11.1. The number of rotatable bonds is 1. The van der Waals surface area contributed by atoms with Crippen LogP contribution in [0.25, 0.3) is 0 Å². The minimum atomic E-state index is -0.196. The molecule has 1 atom stereocenters. The molecule has 0 aromatic rings. The molecule has 3 heteroatoms. The number of hydrogen-bond acceptors (Lipinski definition) is 2. The third-order valence-electron chi connectivity index (χ3n) is 2.59. The maximum absolute atomic E-state index is 11.1. The molecule has 0 saturated carbocycles. The molecule has 1 fully saturated rings. The fourth-order valence-corrected chi connectivity index (χ4v) is 2.23. The van der Waals surface area contributed by atoms with Gasteiger partial charge in [-0.15, -0.1) is 0 Å². The Morgan fingerprint density at radius 2 is 1.71 bits per heavy atom. The first kappa shape index (κ1) is 13.4. The van der Waals surface area contributed by atoms with Crippen molar-refractivity contribution in [2.24, 2.45) is 11.7 Å². The SMILES string of the molecule is CC.CC1(C)CC(C(N)=O)C(C)(C)N1. The van der Waals surface area contributed by atoms with Gasteiger partial charge in [-0.25, -0.2) is 0 Å². The average molecular weight is 200 g/mol. The van der Waals surface area contributed by atoms with Crippen molar-refractivity contribution in [2.45, 2.75) is 59.0 Å². The Morgan fingerprint density at radius 3 is 1.86 bits per heavy atom. The lowest BCUT2D eigenvalue weighted by Crippen LogP contribution is -2.47. The minimum absolute atomic E-state index is 0.0309. The monoisotopic (exact) mass is 200 g/mol. The van der Waals surface area contributed by atoms with E-state index in [9.17, 15) is 4.79 Å². The lowest BCUT2D eigenvalue weighted by molar-refractivity contribution is -0.123. The second-order valence-electron chi connectivity index (χ2n) is 4.89. The molecule has 14 heavy (non-hydrogen) atoms. The molecule has 1 aliphatic heterocycles. The van der Waals surface area contributed by atoms with E-state index in [4.69, 9.17) is 5.73 Å². The number of carbonyl (C=O) groups is 1. The summed E-state index contributed by atoms with van der Waals surface area (Å²) in [5.41, 5.74) is 5.19. The van der Waals surface area contributed by atoms with Crippen LogP contribution in [0.4, 0.5) is 0 Å². The lowest BCUT2D eigenvalue weighted by atomic mass is 9.87. The van der Waals surface area contributed by atoms with Crippen molar-refractivity contribution in [3.05, 3.63) is 0 Å². The third kappa shape index (κ3) is 2.98. The maximum atomic E-state index is 11.1. The Hall–Kier alpha value is -0.570. The van der Waals surface area contributed by atoms with Gasteiger partial charge >= 0.3 is 0 Å². The van der Waals surface area contributed by atoms with E-state index in [2.05, 4.69) is 19.2 Å². The third-order valence-corrected chi connectivity index (χ3v) is 2.59. The summed E-state index contributed by atoms with van der Waals surface area (Å²) in [5.74, 6) is -0.245. The van der Waals surface area contributed by atoms with E-state index < -0.39 is 0 Å². The van der Waals surface area contributed by atoms with Gasteiger partial charge in [0.1, 0.15) is 0 Å². The highest BCUT2D eigenvalue weighted by Gasteiger charge is 2.46. The van der Waals surface area contributed by atoms with Gasteiger partial charge in [0.2, 0.25) is 5.91 Å². The molecule has 1 aliphatic rings. The Balaban J connectivity index is 0.000000791. The zero-order valence-corrected chi connectivity index (χ0v) is 10.3. The van der Waals surface area contributed by atoms with Crippen LogP contribution in [0.5, 0.6) is 0 Å². The number of hydrogen-bond donors (Lipinski definition) is 2. The molecule has 0 aliphatic carbocycles. The van der Waals surface area contributed by atoms with Crippen molar-refractivity contribution in [1.29, 1.82) is 0 Å². The zero-order valence-electron chi connectivity index (χ0n) is 10.3. The van der Waals surface area contributed by atoms with Crippen LogP contribution >= 0.6 is 0 Å². The molecule has 0 aromatic carbocycles. The normalized spacial score (nSPS) is 27.7. The Labute approximate surface area is 87.4 Å². The van der Waals surface area contributed by atoms with Crippen LogP contribution in [0, 0.1) is 5.92 Å². The molecule has 0 aromatic heterocycles. The Kier molecular flexibility index (Phi) is 4.13. The second kappa shape index (κ2) is 4.30. The Bertz CT molecular complexity index is 209. The molecular formula is C11H24N2O. The fraction of sp³-hybridized carbons (Fsp3) is 0.909. The van der Waals surface area contributed by atoms with Gasteiger partial charge in [0, 0.05) is 11.1 Å². The summed E-state index contributed by atoms with van der Waals surface area (Å²) in [6, 6.07) is 0. The number of primary amides is 1. The van der Waals surface area contributed by atoms with Gasteiger partial charge < -0.3 is 11.1 Å². The van der Waals surface area contributed by atoms with Gasteiger partial charge in [-0.1, -0.05) is 13.8 Å². The highest BCUT2D eigenvalue weighted by molar-refractivity contribution is 5.78. The van der Waals surface area contributed by atoms with Gasteiger partial charge in [0.05, 0.1) is 5.92 Å². The van der Waals surface area contributed by atoms with Crippen molar-refractivity contribution in [3.63, 3.8) is 0 Å². The van der Waals surface area contributed by atoms with Crippen molar-refractivity contribution in [2.75, 3.05) is 0 Å². The molecule has 0 bridgehead atoms. The molecule has 1 saturated heterocycles. The molecular weight excluding hydrogens is 176 g/mol. The summed E-state index contributed by atoms with van der Waals surface area (Å²) in [6.07, 6.45) is 0.829. The summed E-state index contributed by atoms with van der Waals surface area (Å²) in [7, 11) is 0. The average Bonchev–Trinajstić information content (AvgIpc) is 2.23. The number of carbonyl (C=O) groups excluding carboxylic acids is 1. The molecule has 1 heterocycles. The van der Waals surface area contributed by atoms with Gasteiger partial charge in [-0.3, -0.25) is 4.79 Å². The van der Waals surface area contributed by atoms with Crippen LogP contribution in [-0.2, 0) is 4.79 Å². The molecule has 1 rings (SSSR count). The van der Waals surface area contributed by atoms with Crippen molar-refractivity contribution in [3.8, 4) is 0 Å². The van der Waals surface area contributed by atoms with Gasteiger partial charge in [0.15, 0.2) is 0 Å². The molecule has 0 radical (unpaired) electrons. The predicted octanol–water partition coefficient (Wildman–Crippen LogP) is 1.66. The minimum Gasteiger partial charge on any atom is -0.369 e. The standard InChI is InChI=1S/C9H18N2O.C2H6/c1-8(2)5-6(7(10)12)9(3,4)11-8;1-2/h6,11H,5H2,1-4H3,(H2,10,12);1-2H3. The van der Waals surface area contributed by atoms with Gasteiger partial charge in [-0.05, 0) is 34.1 Å². The molecule has 84 valence electrons. The summed E-state index contributed by atoms with van der Waals surface area (Å²) in [5, 5.41) is 3.40. The highest BCUT2D eigenvalue weighted by atomic mass is 16.1. The van der Waals surface area contributed by atoms with Gasteiger partial charge in [0.25, 0.3) is 0 Å². The first-order valence-electron chi connectivity index (χ1n) is 5.33.